The Kier molecular flexibility index (Phi) is 6.58. The lowest BCUT2D eigenvalue weighted by atomic mass is 10.1. The zero-order chi connectivity index (χ0) is 23.7. The lowest BCUT2D eigenvalue weighted by Gasteiger charge is -2.35. The van der Waals surface area contributed by atoms with E-state index in [1.807, 2.05) is 12.1 Å². The average molecular weight is 500 g/mol. The first-order chi connectivity index (χ1) is 16.5. The van der Waals surface area contributed by atoms with Gasteiger partial charge in [-0.1, -0.05) is 29.8 Å². The van der Waals surface area contributed by atoms with E-state index in [0.29, 0.717) is 10.7 Å². The number of hydrogen-bond donors (Lipinski definition) is 1. The molecule has 5 rings (SSSR count). The molecule has 2 aliphatic heterocycles. The molecule has 10 heteroatoms. The van der Waals surface area contributed by atoms with Crippen LogP contribution in [-0.2, 0) is 22.4 Å². The first-order valence-corrected chi connectivity index (χ1v) is 12.5. The van der Waals surface area contributed by atoms with Gasteiger partial charge in [-0.05, 0) is 47.3 Å². The van der Waals surface area contributed by atoms with Crippen molar-refractivity contribution >= 4 is 56.7 Å². The molecule has 1 fully saturated rings. The normalized spacial score (nSPS) is 16.2. The van der Waals surface area contributed by atoms with Crippen LogP contribution in [0.2, 0.25) is 5.02 Å². The molecule has 0 aliphatic carbocycles. The van der Waals surface area contributed by atoms with E-state index in [0.717, 1.165) is 56.1 Å². The van der Waals surface area contributed by atoms with Crippen LogP contribution in [0.25, 0.3) is 10.1 Å². The van der Waals surface area contributed by atoms with Crippen LogP contribution in [0.3, 0.4) is 0 Å². The highest BCUT2D eigenvalue weighted by Crippen LogP contribution is 2.34. The zero-order valence-corrected chi connectivity index (χ0v) is 20.5. The Labute approximate surface area is 207 Å². The summed E-state index contributed by atoms with van der Waals surface area (Å²) >= 11 is 8.14. The number of carbonyl (C=O) groups excluding carboxylic acids is 2. The predicted molar refractivity (Wildman–Crippen MR) is 135 cm³/mol. The second-order valence-electron chi connectivity index (χ2n) is 8.46. The summed E-state index contributed by atoms with van der Waals surface area (Å²) in [5.41, 5.74) is 2.67. The number of ether oxygens (including phenoxy) is 1. The minimum absolute atomic E-state index is 0.0993. The van der Waals surface area contributed by atoms with E-state index in [1.165, 1.54) is 22.0 Å². The molecular formula is C24H26ClN5O3S. The van der Waals surface area contributed by atoms with Crippen molar-refractivity contribution in [1.29, 1.82) is 0 Å². The highest BCUT2D eigenvalue weighted by molar-refractivity contribution is 7.13. The average Bonchev–Trinajstić information content (AvgIpc) is 3.41. The quantitative estimate of drug-likeness (QED) is 0.559. The van der Waals surface area contributed by atoms with Crippen molar-refractivity contribution in [1.82, 2.24) is 14.6 Å². The maximum Gasteiger partial charge on any atom is 0.408 e. The summed E-state index contributed by atoms with van der Waals surface area (Å²) in [5, 5.41) is 4.24. The van der Waals surface area contributed by atoms with Crippen LogP contribution in [0.4, 0.5) is 16.3 Å². The summed E-state index contributed by atoms with van der Waals surface area (Å²) in [5.74, 6) is 0.995. The van der Waals surface area contributed by atoms with Crippen LogP contribution in [-0.4, -0.2) is 67.8 Å². The Bertz CT molecular complexity index is 1220. The number of halogens is 1. The zero-order valence-electron chi connectivity index (χ0n) is 18.9. The van der Waals surface area contributed by atoms with Crippen LogP contribution >= 0.6 is 23.1 Å². The number of rotatable bonds is 6. The van der Waals surface area contributed by atoms with Crippen LogP contribution < -0.4 is 15.1 Å². The molecule has 0 bridgehead atoms. The second kappa shape index (κ2) is 9.77. The van der Waals surface area contributed by atoms with Gasteiger partial charge in [-0.2, -0.15) is 4.37 Å². The third-order valence-corrected chi connectivity index (χ3v) is 7.61. The number of piperazine rings is 1. The van der Waals surface area contributed by atoms with Gasteiger partial charge < -0.3 is 15.0 Å². The van der Waals surface area contributed by atoms with E-state index < -0.39 is 6.09 Å². The van der Waals surface area contributed by atoms with Gasteiger partial charge >= 0.3 is 6.09 Å². The van der Waals surface area contributed by atoms with E-state index >= 15 is 0 Å². The molecule has 2 amide bonds. The van der Waals surface area contributed by atoms with Gasteiger partial charge in [0.15, 0.2) is 6.73 Å². The first-order valence-electron chi connectivity index (χ1n) is 11.3. The van der Waals surface area contributed by atoms with Crippen molar-refractivity contribution < 1.29 is 14.3 Å². The molecule has 3 heterocycles. The molecule has 0 unspecified atom stereocenters. The van der Waals surface area contributed by atoms with Crippen molar-refractivity contribution in [2.75, 3.05) is 56.3 Å². The Balaban J connectivity index is 1.18. The third kappa shape index (κ3) is 4.55. The van der Waals surface area contributed by atoms with Gasteiger partial charge in [-0.3, -0.25) is 14.6 Å². The van der Waals surface area contributed by atoms with Gasteiger partial charge in [-0.15, -0.1) is 0 Å². The Morgan fingerprint density at radius 3 is 2.79 bits per heavy atom. The number of fused-ring (bicyclic) bond motifs is 2. The van der Waals surface area contributed by atoms with Crippen LogP contribution in [0.5, 0.6) is 0 Å². The number of nitrogens with zero attached hydrogens (tertiary/aromatic N) is 4. The van der Waals surface area contributed by atoms with E-state index in [2.05, 4.69) is 39.4 Å². The summed E-state index contributed by atoms with van der Waals surface area (Å²) in [4.78, 5) is 30.1. The van der Waals surface area contributed by atoms with E-state index in [-0.39, 0.29) is 19.1 Å². The number of aromatic nitrogens is 1. The number of anilines is 2. The molecule has 3 aromatic rings. The molecule has 2 aromatic carbocycles. The second-order valence-corrected chi connectivity index (χ2v) is 9.67. The van der Waals surface area contributed by atoms with Gasteiger partial charge in [0.2, 0.25) is 5.91 Å². The fourth-order valence-corrected chi connectivity index (χ4v) is 5.58. The third-order valence-electron chi connectivity index (χ3n) is 6.44. The van der Waals surface area contributed by atoms with E-state index in [9.17, 15) is 9.59 Å². The smallest absolute Gasteiger partial charge is 0.408 e. The number of benzene rings is 2. The Morgan fingerprint density at radius 2 is 2.00 bits per heavy atom. The molecular weight excluding hydrogens is 474 g/mol. The molecule has 0 atom stereocenters. The highest BCUT2D eigenvalue weighted by atomic mass is 35.5. The van der Waals surface area contributed by atoms with Crippen LogP contribution in [0.15, 0.2) is 36.4 Å². The molecule has 2 aliphatic rings. The Hall–Kier alpha value is -2.88. The van der Waals surface area contributed by atoms with Crippen molar-refractivity contribution in [3.8, 4) is 0 Å². The molecule has 0 radical (unpaired) electrons. The summed E-state index contributed by atoms with van der Waals surface area (Å²) in [6, 6.07) is 12.2. The van der Waals surface area contributed by atoms with Gasteiger partial charge in [0.1, 0.15) is 5.82 Å². The lowest BCUT2D eigenvalue weighted by molar-refractivity contribution is -0.118. The first kappa shape index (κ1) is 22.9. The van der Waals surface area contributed by atoms with Gasteiger partial charge in [-0.25, -0.2) is 4.79 Å². The standard InChI is InChI=1S/C24H26ClN5O3S/c1-26-24(32)33-15-30-20-14-19(25)16(12-17(20)13-22(30)31)6-7-28-8-10-29(11-9-28)23-18-4-2-3-5-21(18)34-27-23/h2-5,12,14H,6-11,13,15H2,1H3,(H,26,32). The molecule has 34 heavy (non-hydrogen) atoms. The molecule has 1 N–H and O–H groups in total. The molecule has 1 saturated heterocycles. The van der Waals surface area contributed by atoms with Crippen LogP contribution in [0.1, 0.15) is 11.1 Å². The molecule has 1 aromatic heterocycles. The minimum atomic E-state index is -0.577. The fraction of sp³-hybridized carbons (Fsp3) is 0.375. The summed E-state index contributed by atoms with van der Waals surface area (Å²) in [6.45, 7) is 4.61. The fourth-order valence-electron chi connectivity index (χ4n) is 4.54. The largest absolute Gasteiger partial charge is 0.428 e. The number of amides is 2. The van der Waals surface area contributed by atoms with Gasteiger partial charge in [0.25, 0.3) is 0 Å². The number of nitrogens with one attached hydrogen (secondary N) is 1. The minimum Gasteiger partial charge on any atom is -0.428 e. The van der Waals surface area contributed by atoms with Crippen molar-refractivity contribution in [3.63, 3.8) is 0 Å². The van der Waals surface area contributed by atoms with Crippen molar-refractivity contribution in [2.45, 2.75) is 12.8 Å². The number of alkyl carbamates (subject to hydrolysis) is 1. The Morgan fingerprint density at radius 1 is 1.21 bits per heavy atom. The van der Waals surface area contributed by atoms with Crippen LogP contribution in [0, 0.1) is 0 Å². The SMILES string of the molecule is CNC(=O)OCN1C(=O)Cc2cc(CCN3CCN(c4nsc5ccccc45)CC3)c(Cl)cc21. The lowest BCUT2D eigenvalue weighted by Crippen LogP contribution is -2.47. The highest BCUT2D eigenvalue weighted by Gasteiger charge is 2.29. The van der Waals surface area contributed by atoms with Crippen molar-refractivity contribution in [2.24, 2.45) is 0 Å². The summed E-state index contributed by atoms with van der Waals surface area (Å²) in [6.07, 6.45) is 0.526. The van der Waals surface area contributed by atoms with Crippen molar-refractivity contribution in [3.05, 3.63) is 52.5 Å². The van der Waals surface area contributed by atoms with E-state index in [4.69, 9.17) is 20.7 Å². The molecule has 0 saturated carbocycles. The topological polar surface area (TPSA) is 78.0 Å². The van der Waals surface area contributed by atoms with Gasteiger partial charge in [0, 0.05) is 50.2 Å². The molecule has 178 valence electrons. The monoisotopic (exact) mass is 499 g/mol. The summed E-state index contributed by atoms with van der Waals surface area (Å²) in [7, 11) is 1.48. The molecule has 8 nitrogen and oxygen atoms in total. The van der Waals surface area contributed by atoms with Gasteiger partial charge in [0.05, 0.1) is 16.8 Å². The van der Waals surface area contributed by atoms with E-state index in [1.54, 1.807) is 11.5 Å². The maximum atomic E-state index is 12.4. The predicted octanol–water partition coefficient (Wildman–Crippen LogP) is 3.52. The summed E-state index contributed by atoms with van der Waals surface area (Å²) < 4.78 is 11.0. The number of hydrogen-bond acceptors (Lipinski definition) is 7. The maximum absolute atomic E-state index is 12.4. The number of carbonyl (C=O) groups is 2. The molecule has 0 spiro atoms.